The molecular formula is C18H18ClN3OS. The average molecular weight is 360 g/mol. The van der Waals surface area contributed by atoms with Crippen molar-refractivity contribution in [1.29, 1.82) is 0 Å². The van der Waals surface area contributed by atoms with Gasteiger partial charge in [-0.05, 0) is 36.6 Å². The van der Waals surface area contributed by atoms with E-state index in [9.17, 15) is 4.79 Å². The number of Topliss-reactive ketones (excluding diaryl/α,β-unsaturated/α-hetero) is 1. The highest BCUT2D eigenvalue weighted by atomic mass is 35.5. The number of nitrogens with zero attached hydrogens (tertiary/aromatic N) is 1. The number of carbonyl (C=O) groups excluding carboxylic acids is 1. The van der Waals surface area contributed by atoms with Gasteiger partial charge in [0.15, 0.2) is 5.78 Å². The van der Waals surface area contributed by atoms with Gasteiger partial charge in [0.1, 0.15) is 16.8 Å². The van der Waals surface area contributed by atoms with Crippen molar-refractivity contribution < 1.29 is 4.79 Å². The van der Waals surface area contributed by atoms with E-state index in [1.165, 1.54) is 0 Å². The molecule has 0 saturated heterocycles. The van der Waals surface area contributed by atoms with Gasteiger partial charge in [-0.15, -0.1) is 0 Å². The Hall–Kier alpha value is -1.82. The van der Waals surface area contributed by atoms with Crippen molar-refractivity contribution in [3.8, 4) is 11.1 Å². The number of hydrogen-bond donors (Lipinski definition) is 2. The molecule has 124 valence electrons. The molecule has 1 aliphatic heterocycles. The van der Waals surface area contributed by atoms with Crippen LogP contribution in [0.25, 0.3) is 11.1 Å². The van der Waals surface area contributed by atoms with Crippen LogP contribution in [0.2, 0.25) is 5.02 Å². The highest BCUT2D eigenvalue weighted by Crippen LogP contribution is 2.31. The number of ketones is 1. The first-order valence-corrected chi connectivity index (χ1v) is 8.70. The number of thiocarbonyl (C=S) groups is 1. The third kappa shape index (κ3) is 3.20. The lowest BCUT2D eigenvalue weighted by Crippen LogP contribution is -2.45. The van der Waals surface area contributed by atoms with Gasteiger partial charge in [-0.25, -0.2) is 4.98 Å². The largest absolute Gasteiger partial charge is 0.332 e. The van der Waals surface area contributed by atoms with Crippen LogP contribution in [0, 0.1) is 0 Å². The summed E-state index contributed by atoms with van der Waals surface area (Å²) in [6.45, 7) is 2.14. The molecule has 0 spiro atoms. The van der Waals surface area contributed by atoms with E-state index in [4.69, 9.17) is 29.6 Å². The summed E-state index contributed by atoms with van der Waals surface area (Å²) in [7, 11) is 0. The molecule has 0 aliphatic carbocycles. The molecule has 1 aromatic heterocycles. The molecule has 4 nitrogen and oxygen atoms in total. The Morgan fingerprint density at radius 1 is 1.29 bits per heavy atom. The molecule has 2 heterocycles. The van der Waals surface area contributed by atoms with Crippen LogP contribution in [0.1, 0.15) is 35.8 Å². The summed E-state index contributed by atoms with van der Waals surface area (Å²) < 4.78 is 0. The number of aryl methyl sites for hydroxylation is 1. The van der Waals surface area contributed by atoms with Crippen LogP contribution in [-0.2, 0) is 6.42 Å². The van der Waals surface area contributed by atoms with Crippen LogP contribution in [0.5, 0.6) is 0 Å². The van der Waals surface area contributed by atoms with Crippen molar-refractivity contribution in [2.24, 2.45) is 5.73 Å². The van der Waals surface area contributed by atoms with E-state index >= 15 is 0 Å². The molecule has 1 aliphatic rings. The van der Waals surface area contributed by atoms with Crippen LogP contribution in [-0.4, -0.2) is 21.8 Å². The molecule has 0 saturated carbocycles. The minimum atomic E-state index is -0.811. The maximum Gasteiger partial charge on any atom is 0.190 e. The number of rotatable bonds is 4. The van der Waals surface area contributed by atoms with Gasteiger partial charge in [0.25, 0.3) is 0 Å². The lowest BCUT2D eigenvalue weighted by atomic mass is 9.94. The van der Waals surface area contributed by atoms with Crippen molar-refractivity contribution in [3.05, 3.63) is 46.6 Å². The number of aromatic nitrogens is 1. The van der Waals surface area contributed by atoms with Gasteiger partial charge in [0.2, 0.25) is 0 Å². The monoisotopic (exact) mass is 359 g/mol. The Labute approximate surface area is 151 Å². The van der Waals surface area contributed by atoms with Crippen LogP contribution >= 0.6 is 23.8 Å². The minimum absolute atomic E-state index is 0.196. The molecule has 1 unspecified atom stereocenters. The highest BCUT2D eigenvalue weighted by Gasteiger charge is 2.30. The first kappa shape index (κ1) is 17.0. The first-order valence-electron chi connectivity index (χ1n) is 7.91. The number of nitrogens with two attached hydrogens (primary N) is 1. The Morgan fingerprint density at radius 2 is 2.00 bits per heavy atom. The van der Waals surface area contributed by atoms with Gasteiger partial charge in [0, 0.05) is 10.6 Å². The van der Waals surface area contributed by atoms with Gasteiger partial charge in [0.05, 0.1) is 11.3 Å². The normalized spacial score (nSPS) is 16.7. The summed E-state index contributed by atoms with van der Waals surface area (Å²) in [4.78, 5) is 17.5. The van der Waals surface area contributed by atoms with Crippen molar-refractivity contribution in [3.63, 3.8) is 0 Å². The van der Waals surface area contributed by atoms with Crippen molar-refractivity contribution in [2.45, 2.75) is 32.2 Å². The lowest BCUT2D eigenvalue weighted by molar-refractivity contribution is 0.0983. The maximum atomic E-state index is 12.5. The van der Waals surface area contributed by atoms with E-state index in [0.29, 0.717) is 21.4 Å². The zero-order valence-electron chi connectivity index (χ0n) is 13.3. The van der Waals surface area contributed by atoms with E-state index in [-0.39, 0.29) is 5.78 Å². The standard InChI is InChI=1S/C18H18ClN3OS/c1-2-3-4-14-12(10-5-7-11(19)8-6-10)9-13-16(23)15(20)18(24)22-17(13)21-14/h5-9,15H,2-4,20H2,1H3,(H,21,22,24). The van der Waals surface area contributed by atoms with E-state index in [0.717, 1.165) is 36.1 Å². The number of fused-ring (bicyclic) bond motifs is 1. The fraction of sp³-hybridized carbons (Fsp3) is 0.278. The number of hydrogen-bond acceptors (Lipinski definition) is 4. The summed E-state index contributed by atoms with van der Waals surface area (Å²) in [5, 5.41) is 3.67. The molecular weight excluding hydrogens is 342 g/mol. The van der Waals surface area contributed by atoms with Crippen molar-refractivity contribution in [2.75, 3.05) is 5.32 Å². The summed E-state index contributed by atoms with van der Waals surface area (Å²) in [6.07, 6.45) is 2.91. The smallest absolute Gasteiger partial charge is 0.190 e. The summed E-state index contributed by atoms with van der Waals surface area (Å²) in [6, 6.07) is 8.60. The number of carbonyl (C=O) groups is 1. The third-order valence-corrected chi connectivity index (χ3v) is 4.70. The van der Waals surface area contributed by atoms with Gasteiger partial charge in [-0.2, -0.15) is 0 Å². The fourth-order valence-electron chi connectivity index (χ4n) is 2.73. The summed E-state index contributed by atoms with van der Waals surface area (Å²) in [5.41, 5.74) is 9.21. The predicted molar refractivity (Wildman–Crippen MR) is 102 cm³/mol. The molecule has 0 amide bonds. The van der Waals surface area contributed by atoms with Crippen LogP contribution < -0.4 is 11.1 Å². The number of benzene rings is 1. The zero-order valence-corrected chi connectivity index (χ0v) is 14.9. The first-order chi connectivity index (χ1) is 11.5. The quantitative estimate of drug-likeness (QED) is 0.807. The van der Waals surface area contributed by atoms with Crippen molar-refractivity contribution in [1.82, 2.24) is 4.98 Å². The van der Waals surface area contributed by atoms with Crippen molar-refractivity contribution >= 4 is 40.4 Å². The second kappa shape index (κ2) is 6.97. The van der Waals surface area contributed by atoms with E-state index in [1.54, 1.807) is 0 Å². The Bertz CT molecular complexity index is 805. The van der Waals surface area contributed by atoms with E-state index in [2.05, 4.69) is 17.2 Å². The summed E-state index contributed by atoms with van der Waals surface area (Å²) in [5.74, 6) is 0.314. The summed E-state index contributed by atoms with van der Waals surface area (Å²) >= 11 is 11.1. The topological polar surface area (TPSA) is 68.0 Å². The molecule has 0 bridgehead atoms. The molecule has 24 heavy (non-hydrogen) atoms. The molecule has 0 fully saturated rings. The van der Waals surface area contributed by atoms with Gasteiger partial charge in [-0.3, -0.25) is 4.79 Å². The van der Waals surface area contributed by atoms with Gasteiger partial charge >= 0.3 is 0 Å². The number of anilines is 1. The van der Waals surface area contributed by atoms with E-state index < -0.39 is 6.04 Å². The molecule has 3 rings (SSSR count). The predicted octanol–water partition coefficient (Wildman–Crippen LogP) is 4.01. The Balaban J connectivity index is 2.14. The average Bonchev–Trinajstić information content (AvgIpc) is 2.58. The van der Waals surface area contributed by atoms with Gasteiger partial charge < -0.3 is 11.1 Å². The number of pyridine rings is 1. The molecule has 1 aromatic carbocycles. The molecule has 2 aromatic rings. The fourth-order valence-corrected chi connectivity index (χ4v) is 3.06. The maximum absolute atomic E-state index is 12.5. The van der Waals surface area contributed by atoms with Crippen LogP contribution in [0.3, 0.4) is 0 Å². The molecule has 1 atom stereocenters. The SMILES string of the molecule is CCCCc1nc2c(cc1-c1ccc(Cl)cc1)C(=O)C(N)C(=S)N2. The Morgan fingerprint density at radius 3 is 2.67 bits per heavy atom. The second-order valence-electron chi connectivity index (χ2n) is 5.82. The molecule has 6 heteroatoms. The van der Waals surface area contributed by atoms with Crippen LogP contribution in [0.4, 0.5) is 5.82 Å². The van der Waals surface area contributed by atoms with Gasteiger partial charge in [-0.1, -0.05) is 49.3 Å². The minimum Gasteiger partial charge on any atom is -0.332 e. The van der Waals surface area contributed by atoms with E-state index in [1.807, 2.05) is 30.3 Å². The lowest BCUT2D eigenvalue weighted by Gasteiger charge is -2.24. The molecule has 0 radical (unpaired) electrons. The Kier molecular flexibility index (Phi) is 4.94. The number of nitrogens with one attached hydrogen (secondary N) is 1. The highest BCUT2D eigenvalue weighted by molar-refractivity contribution is 7.80. The second-order valence-corrected chi connectivity index (χ2v) is 6.70. The zero-order chi connectivity index (χ0) is 17.3. The number of halogens is 1. The third-order valence-electron chi connectivity index (χ3n) is 4.10. The number of unbranched alkanes of at least 4 members (excludes halogenated alkanes) is 1. The molecule has 3 N–H and O–H groups in total. The van der Waals surface area contributed by atoms with Crippen LogP contribution in [0.15, 0.2) is 30.3 Å².